The van der Waals surface area contributed by atoms with Crippen molar-refractivity contribution in [2.75, 3.05) is 13.1 Å². The largest absolute Gasteiger partial charge is 0.480 e. The van der Waals surface area contributed by atoms with Gasteiger partial charge in [-0.15, -0.1) is 0 Å². The van der Waals surface area contributed by atoms with Crippen molar-refractivity contribution >= 4 is 23.7 Å². The Morgan fingerprint density at radius 2 is 1.43 bits per heavy atom. The van der Waals surface area contributed by atoms with Crippen LogP contribution in [0.15, 0.2) is 18.6 Å². The SMILES string of the molecule is CC.CC.CC.CC.CC(C)C.O=C(NC(C(=O)NCC(=O)N1CCCC1C(=O)O)C1CCCCC1)c1cnccn1. The molecule has 0 spiro atoms. The zero-order valence-corrected chi connectivity index (χ0v) is 28.3. The first-order valence-electron chi connectivity index (χ1n) is 16.1. The second-order valence-corrected chi connectivity index (χ2v) is 9.47. The smallest absolute Gasteiger partial charge is 0.326 e. The molecule has 0 radical (unpaired) electrons. The fraction of sp³-hybridized carbons (Fsp3) is 0.750. The summed E-state index contributed by atoms with van der Waals surface area (Å²) in [6, 6.07) is -1.64. The molecule has 0 bridgehead atoms. The van der Waals surface area contributed by atoms with Crippen LogP contribution in [0.25, 0.3) is 0 Å². The predicted octanol–water partition coefficient (Wildman–Crippen LogP) is 6.11. The lowest BCUT2D eigenvalue weighted by molar-refractivity contribution is -0.148. The van der Waals surface area contributed by atoms with Crippen molar-refractivity contribution in [2.24, 2.45) is 11.8 Å². The number of aromatic nitrogens is 2. The van der Waals surface area contributed by atoms with Gasteiger partial charge in [0, 0.05) is 18.9 Å². The maximum absolute atomic E-state index is 12.9. The van der Waals surface area contributed by atoms with Crippen LogP contribution in [0.3, 0.4) is 0 Å². The molecule has 10 nitrogen and oxygen atoms in total. The number of hydrogen-bond acceptors (Lipinski definition) is 6. The molecule has 2 fully saturated rings. The quantitative estimate of drug-likeness (QED) is 0.345. The number of likely N-dealkylation sites (tertiary alicyclic amines) is 1. The van der Waals surface area contributed by atoms with Gasteiger partial charge in [0.1, 0.15) is 17.8 Å². The van der Waals surface area contributed by atoms with E-state index in [4.69, 9.17) is 0 Å². The van der Waals surface area contributed by atoms with Crippen LogP contribution in [0, 0.1) is 11.8 Å². The summed E-state index contributed by atoms with van der Waals surface area (Å²) >= 11 is 0. The molecule has 1 saturated heterocycles. The molecule has 1 aliphatic heterocycles. The lowest BCUT2D eigenvalue weighted by Gasteiger charge is -2.30. The summed E-state index contributed by atoms with van der Waals surface area (Å²) in [4.78, 5) is 58.3. The Bertz CT molecular complexity index is 827. The van der Waals surface area contributed by atoms with Crippen molar-refractivity contribution < 1.29 is 24.3 Å². The number of carboxylic acids is 1. The number of amides is 3. The monoisotopic (exact) mass is 595 g/mol. The number of carboxylic acid groups (broad SMARTS) is 1. The van der Waals surface area contributed by atoms with Crippen LogP contribution in [0.1, 0.15) is 132 Å². The van der Waals surface area contributed by atoms with Crippen molar-refractivity contribution in [2.45, 2.75) is 133 Å². The van der Waals surface area contributed by atoms with Gasteiger partial charge in [0.2, 0.25) is 11.8 Å². The van der Waals surface area contributed by atoms with E-state index in [1.54, 1.807) is 0 Å². The topological polar surface area (TPSA) is 142 Å². The summed E-state index contributed by atoms with van der Waals surface area (Å²) in [5.74, 6) is -1.61. The van der Waals surface area contributed by atoms with E-state index in [9.17, 15) is 24.3 Å². The first kappa shape index (κ1) is 43.4. The average molecular weight is 596 g/mol. The molecule has 2 unspecified atom stereocenters. The number of carbonyl (C=O) groups is 4. The van der Waals surface area contributed by atoms with E-state index in [2.05, 4.69) is 41.4 Å². The van der Waals surface area contributed by atoms with Gasteiger partial charge >= 0.3 is 5.97 Å². The van der Waals surface area contributed by atoms with E-state index < -0.39 is 35.8 Å². The van der Waals surface area contributed by atoms with Crippen LogP contribution in [0.5, 0.6) is 0 Å². The van der Waals surface area contributed by atoms with Crippen LogP contribution >= 0.6 is 0 Å². The molecule has 10 heteroatoms. The van der Waals surface area contributed by atoms with Crippen molar-refractivity contribution in [1.29, 1.82) is 0 Å². The molecule has 3 rings (SSSR count). The van der Waals surface area contributed by atoms with E-state index >= 15 is 0 Å². The molecule has 1 aliphatic carbocycles. The Kier molecular flexibility index (Phi) is 29.0. The van der Waals surface area contributed by atoms with Crippen molar-refractivity contribution in [3.8, 4) is 0 Å². The lowest BCUT2D eigenvalue weighted by atomic mass is 9.83. The highest BCUT2D eigenvalue weighted by atomic mass is 16.4. The number of carbonyl (C=O) groups excluding carboxylic acids is 3. The predicted molar refractivity (Wildman–Crippen MR) is 171 cm³/mol. The third-order valence-corrected chi connectivity index (χ3v) is 5.76. The molecule has 2 aliphatic rings. The Morgan fingerprint density at radius 1 is 0.881 bits per heavy atom. The Labute approximate surface area is 255 Å². The van der Waals surface area contributed by atoms with E-state index in [1.165, 1.54) is 23.5 Å². The van der Waals surface area contributed by atoms with E-state index in [1.807, 2.05) is 55.4 Å². The fourth-order valence-corrected chi connectivity index (χ4v) is 4.19. The van der Waals surface area contributed by atoms with Crippen LogP contribution < -0.4 is 10.6 Å². The van der Waals surface area contributed by atoms with E-state index in [-0.39, 0.29) is 18.2 Å². The summed E-state index contributed by atoms with van der Waals surface area (Å²) in [5, 5.41) is 14.6. The minimum atomic E-state index is -1.04. The molecule has 1 saturated carbocycles. The van der Waals surface area contributed by atoms with Gasteiger partial charge in [-0.3, -0.25) is 19.4 Å². The van der Waals surface area contributed by atoms with Gasteiger partial charge in [-0.25, -0.2) is 9.78 Å². The Balaban J connectivity index is -0.00000111. The Morgan fingerprint density at radius 3 is 1.90 bits per heavy atom. The zero-order chi connectivity index (χ0) is 33.1. The maximum Gasteiger partial charge on any atom is 0.326 e. The highest BCUT2D eigenvalue weighted by molar-refractivity contribution is 5.97. The van der Waals surface area contributed by atoms with Crippen molar-refractivity contribution in [1.82, 2.24) is 25.5 Å². The lowest BCUT2D eigenvalue weighted by Crippen LogP contribution is -2.53. The van der Waals surface area contributed by atoms with Crippen LogP contribution in [0.4, 0.5) is 0 Å². The van der Waals surface area contributed by atoms with E-state index in [0.717, 1.165) is 38.0 Å². The highest BCUT2D eigenvalue weighted by Gasteiger charge is 2.35. The molecular formula is C32H61N5O5. The van der Waals surface area contributed by atoms with Gasteiger partial charge in [0.05, 0.1) is 12.7 Å². The number of nitrogens with zero attached hydrogens (tertiary/aromatic N) is 3. The number of hydrogen-bond donors (Lipinski definition) is 3. The molecule has 2 atom stereocenters. The zero-order valence-electron chi connectivity index (χ0n) is 28.3. The number of nitrogens with one attached hydrogen (secondary N) is 2. The van der Waals surface area contributed by atoms with Crippen LogP contribution in [-0.2, 0) is 14.4 Å². The van der Waals surface area contributed by atoms with Gasteiger partial charge in [0.15, 0.2) is 0 Å². The molecule has 3 N–H and O–H groups in total. The molecule has 42 heavy (non-hydrogen) atoms. The molecule has 1 aromatic heterocycles. The molecular weight excluding hydrogens is 534 g/mol. The first-order chi connectivity index (χ1) is 20.2. The van der Waals surface area contributed by atoms with Crippen LogP contribution in [-0.4, -0.2) is 68.8 Å². The molecule has 0 aromatic carbocycles. The number of rotatable bonds is 7. The second-order valence-electron chi connectivity index (χ2n) is 9.47. The van der Waals surface area contributed by atoms with Gasteiger partial charge in [0.25, 0.3) is 5.91 Å². The normalized spacial score (nSPS) is 16.0. The van der Waals surface area contributed by atoms with Gasteiger partial charge < -0.3 is 20.6 Å². The fourth-order valence-electron chi connectivity index (χ4n) is 4.19. The van der Waals surface area contributed by atoms with Gasteiger partial charge in [-0.05, 0) is 37.5 Å². The minimum Gasteiger partial charge on any atom is -0.480 e. The van der Waals surface area contributed by atoms with Crippen LogP contribution in [0.2, 0.25) is 0 Å². The third-order valence-electron chi connectivity index (χ3n) is 5.76. The van der Waals surface area contributed by atoms with E-state index in [0.29, 0.717) is 19.4 Å². The standard InChI is InChI=1S/C20H27N5O5.C4H10.4C2H6/c26-16(25-10-4-7-15(25)20(29)30)12-23-19(28)17(13-5-2-1-3-6-13)24-18(27)14-11-21-8-9-22-14;1-4(2)3;4*1-2/h8-9,11,13,15,17H,1-7,10,12H2,(H,23,28)(H,24,27)(H,29,30);4H,1-3H3;4*1-2H3. The van der Waals surface area contributed by atoms with Crippen molar-refractivity contribution in [3.63, 3.8) is 0 Å². The minimum absolute atomic E-state index is 0.0342. The van der Waals surface area contributed by atoms with Gasteiger partial charge in [-0.1, -0.05) is 95.4 Å². The average Bonchev–Trinajstić information content (AvgIpc) is 3.54. The summed E-state index contributed by atoms with van der Waals surface area (Å²) in [6.45, 7) is 22.6. The molecule has 1 aromatic rings. The third kappa shape index (κ3) is 17.7. The summed E-state index contributed by atoms with van der Waals surface area (Å²) in [6.07, 6.45) is 9.87. The Hall–Kier alpha value is -3.04. The molecule has 244 valence electrons. The molecule has 3 amide bonds. The second kappa shape index (κ2) is 28.1. The first-order valence-corrected chi connectivity index (χ1v) is 16.1. The van der Waals surface area contributed by atoms with Crippen molar-refractivity contribution in [3.05, 3.63) is 24.3 Å². The number of aliphatic carboxylic acids is 1. The summed E-state index contributed by atoms with van der Waals surface area (Å²) in [5.41, 5.74) is 0.114. The molecule has 2 heterocycles. The summed E-state index contributed by atoms with van der Waals surface area (Å²) < 4.78 is 0. The maximum atomic E-state index is 12.9. The van der Waals surface area contributed by atoms with Gasteiger partial charge in [-0.2, -0.15) is 0 Å². The summed E-state index contributed by atoms with van der Waals surface area (Å²) in [7, 11) is 0. The highest BCUT2D eigenvalue weighted by Crippen LogP contribution is 2.27.